The number of fused-ring (bicyclic) bond motifs is 1. The van der Waals surface area contributed by atoms with E-state index in [9.17, 15) is 14.9 Å². The summed E-state index contributed by atoms with van der Waals surface area (Å²) in [5.41, 5.74) is 6.94. The molecule has 2 amide bonds. The van der Waals surface area contributed by atoms with Crippen LogP contribution in [0, 0.1) is 11.3 Å². The third kappa shape index (κ3) is 4.22. The molecule has 0 bridgehead atoms. The molecule has 3 rings (SSSR count). The average Bonchev–Trinajstić information content (AvgIpc) is 2.71. The molecule has 0 fully saturated rings. The van der Waals surface area contributed by atoms with Crippen LogP contribution in [0.15, 0.2) is 53.6 Å². The highest BCUT2D eigenvalue weighted by Gasteiger charge is 2.13. The summed E-state index contributed by atoms with van der Waals surface area (Å²) >= 11 is 1.14. The Balaban J connectivity index is 1.78. The van der Waals surface area contributed by atoms with Crippen LogP contribution in [0.4, 0.5) is 5.69 Å². The van der Waals surface area contributed by atoms with E-state index >= 15 is 0 Å². The Morgan fingerprint density at radius 2 is 2.04 bits per heavy atom. The molecular formula is C20H16N4O3S. The van der Waals surface area contributed by atoms with Gasteiger partial charge in [0.25, 0.3) is 5.91 Å². The molecule has 140 valence electrons. The molecule has 1 aromatic heterocycles. The van der Waals surface area contributed by atoms with Crippen molar-refractivity contribution < 1.29 is 14.3 Å². The zero-order valence-electron chi connectivity index (χ0n) is 14.9. The first-order chi connectivity index (χ1) is 13.5. The number of methoxy groups -OCH3 is 1. The number of thioether (sulfide) groups is 1. The number of amides is 2. The number of hydrogen-bond donors (Lipinski definition) is 2. The second-order valence-corrected chi connectivity index (χ2v) is 6.72. The SMILES string of the molecule is COc1ccc2cc(C#N)c(SCC(=O)Nc3ccccc3C(N)=O)nc2c1. The number of ether oxygens (including phenoxy) is 1. The first-order valence-electron chi connectivity index (χ1n) is 8.22. The molecule has 1 heterocycles. The van der Waals surface area contributed by atoms with Crippen LogP contribution < -0.4 is 15.8 Å². The van der Waals surface area contributed by atoms with Crippen LogP contribution in [0.1, 0.15) is 15.9 Å². The number of primary amides is 1. The second-order valence-electron chi connectivity index (χ2n) is 5.76. The van der Waals surface area contributed by atoms with Crippen molar-refractivity contribution in [3.05, 3.63) is 59.7 Å². The van der Waals surface area contributed by atoms with Crippen LogP contribution >= 0.6 is 11.8 Å². The van der Waals surface area contributed by atoms with Crippen molar-refractivity contribution in [2.75, 3.05) is 18.2 Å². The Bertz CT molecular complexity index is 1110. The molecule has 8 heteroatoms. The smallest absolute Gasteiger partial charge is 0.250 e. The number of benzene rings is 2. The van der Waals surface area contributed by atoms with Crippen LogP contribution in [0.2, 0.25) is 0 Å². The van der Waals surface area contributed by atoms with Gasteiger partial charge in [-0.3, -0.25) is 9.59 Å². The van der Waals surface area contributed by atoms with Crippen LogP contribution in [-0.4, -0.2) is 29.7 Å². The zero-order valence-corrected chi connectivity index (χ0v) is 15.7. The number of nitrogens with zero attached hydrogens (tertiary/aromatic N) is 2. The van der Waals surface area contributed by atoms with Gasteiger partial charge in [0, 0.05) is 11.5 Å². The van der Waals surface area contributed by atoms with Crippen molar-refractivity contribution in [2.24, 2.45) is 5.73 Å². The average molecular weight is 392 g/mol. The Morgan fingerprint density at radius 1 is 1.25 bits per heavy atom. The summed E-state index contributed by atoms with van der Waals surface area (Å²) in [6.07, 6.45) is 0. The molecule has 2 aromatic carbocycles. The van der Waals surface area contributed by atoms with Crippen LogP contribution in [0.25, 0.3) is 10.9 Å². The molecule has 0 unspecified atom stereocenters. The lowest BCUT2D eigenvalue weighted by molar-refractivity contribution is -0.113. The Labute approximate surface area is 165 Å². The van der Waals surface area contributed by atoms with Crippen LogP contribution in [0.3, 0.4) is 0 Å². The number of pyridine rings is 1. The summed E-state index contributed by atoms with van der Waals surface area (Å²) in [4.78, 5) is 28.2. The van der Waals surface area contributed by atoms with E-state index < -0.39 is 5.91 Å². The number of aromatic nitrogens is 1. The van der Waals surface area contributed by atoms with Crippen molar-refractivity contribution in [1.29, 1.82) is 5.26 Å². The maximum absolute atomic E-state index is 12.3. The van der Waals surface area contributed by atoms with Crippen molar-refractivity contribution >= 4 is 40.2 Å². The van der Waals surface area contributed by atoms with Gasteiger partial charge in [-0.15, -0.1) is 0 Å². The molecule has 7 nitrogen and oxygen atoms in total. The summed E-state index contributed by atoms with van der Waals surface area (Å²) < 4.78 is 5.20. The standard InChI is InChI=1S/C20H16N4O3S/c1-27-14-7-6-12-8-13(10-21)20(24-17(12)9-14)28-11-18(25)23-16-5-3-2-4-15(16)19(22)26/h2-9H,11H2,1H3,(H2,22,26)(H,23,25). The molecule has 0 aliphatic carbocycles. The molecule has 0 radical (unpaired) electrons. The predicted molar refractivity (Wildman–Crippen MR) is 107 cm³/mol. The maximum atomic E-state index is 12.3. The number of para-hydroxylation sites is 1. The summed E-state index contributed by atoms with van der Waals surface area (Å²) in [5, 5.41) is 13.3. The quantitative estimate of drug-likeness (QED) is 0.623. The number of hydrogen-bond acceptors (Lipinski definition) is 6. The van der Waals surface area contributed by atoms with E-state index in [-0.39, 0.29) is 17.2 Å². The number of nitrogens with one attached hydrogen (secondary N) is 1. The maximum Gasteiger partial charge on any atom is 0.250 e. The molecule has 3 N–H and O–H groups in total. The summed E-state index contributed by atoms with van der Waals surface area (Å²) in [6, 6.07) is 15.7. The minimum atomic E-state index is -0.625. The fraction of sp³-hybridized carbons (Fsp3) is 0.100. The monoisotopic (exact) mass is 392 g/mol. The van der Waals surface area contributed by atoms with E-state index in [0.717, 1.165) is 17.1 Å². The Hall–Kier alpha value is -3.57. The molecule has 0 saturated heterocycles. The highest BCUT2D eigenvalue weighted by atomic mass is 32.2. The first kappa shape index (κ1) is 19.2. The highest BCUT2D eigenvalue weighted by Crippen LogP contribution is 2.27. The normalized spacial score (nSPS) is 10.3. The second kappa shape index (κ2) is 8.41. The van der Waals surface area contributed by atoms with E-state index in [1.165, 1.54) is 6.07 Å². The lowest BCUT2D eigenvalue weighted by Crippen LogP contribution is -2.19. The summed E-state index contributed by atoms with van der Waals surface area (Å²) in [6.45, 7) is 0. The van der Waals surface area contributed by atoms with Gasteiger partial charge in [0.2, 0.25) is 5.91 Å². The minimum Gasteiger partial charge on any atom is -0.497 e. The van der Waals surface area contributed by atoms with Crippen molar-refractivity contribution in [2.45, 2.75) is 5.03 Å². The van der Waals surface area contributed by atoms with Gasteiger partial charge < -0.3 is 15.8 Å². The van der Waals surface area contributed by atoms with Crippen molar-refractivity contribution in [3.8, 4) is 11.8 Å². The Kier molecular flexibility index (Phi) is 5.77. The number of carbonyl (C=O) groups excluding carboxylic acids is 2. The van der Waals surface area contributed by atoms with Crippen molar-refractivity contribution in [3.63, 3.8) is 0 Å². The lowest BCUT2D eigenvalue weighted by atomic mass is 10.1. The van der Waals surface area contributed by atoms with Gasteiger partial charge >= 0.3 is 0 Å². The van der Waals surface area contributed by atoms with Crippen LogP contribution in [0.5, 0.6) is 5.75 Å². The van der Waals surface area contributed by atoms with Crippen molar-refractivity contribution in [1.82, 2.24) is 4.98 Å². The van der Waals surface area contributed by atoms with E-state index in [4.69, 9.17) is 10.5 Å². The van der Waals surface area contributed by atoms with Gasteiger partial charge in [-0.25, -0.2) is 4.98 Å². The fourth-order valence-electron chi connectivity index (χ4n) is 2.57. The molecule has 0 aliphatic heterocycles. The topological polar surface area (TPSA) is 118 Å². The summed E-state index contributed by atoms with van der Waals surface area (Å²) in [7, 11) is 1.56. The predicted octanol–water partition coefficient (Wildman–Crippen LogP) is 2.94. The summed E-state index contributed by atoms with van der Waals surface area (Å²) in [5.74, 6) is -0.290. The van der Waals surface area contributed by atoms with Crippen LogP contribution in [-0.2, 0) is 4.79 Å². The molecular weight excluding hydrogens is 376 g/mol. The van der Waals surface area contributed by atoms with Gasteiger partial charge in [-0.1, -0.05) is 23.9 Å². The fourth-order valence-corrected chi connectivity index (χ4v) is 3.34. The van der Waals surface area contributed by atoms with E-state index in [0.29, 0.717) is 27.5 Å². The van der Waals surface area contributed by atoms with E-state index in [1.54, 1.807) is 43.5 Å². The lowest BCUT2D eigenvalue weighted by Gasteiger charge is -2.09. The third-order valence-corrected chi connectivity index (χ3v) is 4.91. The molecule has 3 aromatic rings. The Morgan fingerprint density at radius 3 is 2.75 bits per heavy atom. The molecule has 0 saturated carbocycles. The number of rotatable bonds is 6. The highest BCUT2D eigenvalue weighted by molar-refractivity contribution is 8.00. The van der Waals surface area contributed by atoms with Gasteiger partial charge in [0.15, 0.2) is 0 Å². The zero-order chi connectivity index (χ0) is 20.1. The van der Waals surface area contributed by atoms with Gasteiger partial charge in [0.1, 0.15) is 16.8 Å². The largest absolute Gasteiger partial charge is 0.497 e. The van der Waals surface area contributed by atoms with E-state index in [2.05, 4.69) is 16.4 Å². The van der Waals surface area contributed by atoms with Gasteiger partial charge in [0.05, 0.1) is 35.2 Å². The number of nitrogens with two attached hydrogens (primary N) is 1. The van der Waals surface area contributed by atoms with Gasteiger partial charge in [-0.2, -0.15) is 5.26 Å². The molecule has 28 heavy (non-hydrogen) atoms. The number of carbonyl (C=O) groups is 2. The number of nitriles is 1. The molecule has 0 aliphatic rings. The minimum absolute atomic E-state index is 0.0181. The number of anilines is 1. The first-order valence-corrected chi connectivity index (χ1v) is 9.20. The van der Waals surface area contributed by atoms with E-state index in [1.807, 2.05) is 6.07 Å². The molecule has 0 spiro atoms. The molecule has 0 atom stereocenters. The van der Waals surface area contributed by atoms with Gasteiger partial charge in [-0.05, 0) is 30.3 Å². The third-order valence-electron chi connectivity index (χ3n) is 3.92.